The molecule has 0 bridgehead atoms. The third kappa shape index (κ3) is 3.07. The number of carbonyl (C=O) groups is 1. The van der Waals surface area contributed by atoms with Crippen LogP contribution in [0.2, 0.25) is 0 Å². The van der Waals surface area contributed by atoms with Crippen LogP contribution in [0, 0.1) is 5.82 Å². The number of carboxylic acids is 1. The van der Waals surface area contributed by atoms with Crippen molar-refractivity contribution in [2.24, 2.45) is 5.73 Å². The monoisotopic (exact) mass is 233 g/mol. The maximum absolute atomic E-state index is 13.1. The number of phenols is 2. The van der Waals surface area contributed by atoms with Gasteiger partial charge in [0.1, 0.15) is 11.9 Å². The molecule has 0 aliphatic carbocycles. The lowest BCUT2D eigenvalue weighted by Crippen LogP contribution is -2.32. The number of aromatic hydroxyl groups is 2. The molecule has 0 amide bonds. The number of rotatable bonds is 3. The Bertz CT molecular complexity index is 396. The standard InChI is InChI=1S/C9H10FNO4.H2O/c10-5-3-8(13)7(12)2-4(5)1-6(11)9(14)15;/h2-3,6,12-13H,1,11H2,(H,14,15);1H2. The van der Waals surface area contributed by atoms with Crippen LogP contribution in [0.4, 0.5) is 4.39 Å². The highest BCUT2D eigenvalue weighted by atomic mass is 19.1. The van der Waals surface area contributed by atoms with Crippen molar-refractivity contribution in [1.82, 2.24) is 0 Å². The van der Waals surface area contributed by atoms with Crippen LogP contribution in [0.3, 0.4) is 0 Å². The van der Waals surface area contributed by atoms with Gasteiger partial charge >= 0.3 is 5.97 Å². The van der Waals surface area contributed by atoms with Gasteiger partial charge in [0.2, 0.25) is 0 Å². The van der Waals surface area contributed by atoms with Gasteiger partial charge in [0.15, 0.2) is 11.5 Å². The van der Waals surface area contributed by atoms with Crippen LogP contribution in [0.1, 0.15) is 5.56 Å². The van der Waals surface area contributed by atoms with E-state index in [1.807, 2.05) is 0 Å². The molecule has 1 rings (SSSR count). The normalized spacial score (nSPS) is 11.6. The molecule has 0 saturated heterocycles. The summed E-state index contributed by atoms with van der Waals surface area (Å²) >= 11 is 0. The summed E-state index contributed by atoms with van der Waals surface area (Å²) in [7, 11) is 0. The molecule has 0 fully saturated rings. The summed E-state index contributed by atoms with van der Waals surface area (Å²) in [5.74, 6) is -3.17. The topological polar surface area (TPSA) is 135 Å². The van der Waals surface area contributed by atoms with Gasteiger partial charge in [0.25, 0.3) is 0 Å². The molecule has 1 unspecified atom stereocenters. The first-order valence-electron chi connectivity index (χ1n) is 4.10. The number of benzene rings is 1. The molecule has 1 aromatic rings. The molecule has 0 aromatic heterocycles. The van der Waals surface area contributed by atoms with Crippen molar-refractivity contribution in [2.75, 3.05) is 0 Å². The lowest BCUT2D eigenvalue weighted by molar-refractivity contribution is -0.138. The van der Waals surface area contributed by atoms with E-state index in [9.17, 15) is 9.18 Å². The summed E-state index contributed by atoms with van der Waals surface area (Å²) in [6.07, 6.45) is -0.255. The summed E-state index contributed by atoms with van der Waals surface area (Å²) in [6.45, 7) is 0. The van der Waals surface area contributed by atoms with E-state index in [2.05, 4.69) is 0 Å². The Morgan fingerprint density at radius 3 is 2.38 bits per heavy atom. The van der Waals surface area contributed by atoms with Crippen LogP contribution in [0.25, 0.3) is 0 Å². The first kappa shape index (κ1) is 14.1. The number of carboxylic acid groups (broad SMARTS) is 1. The van der Waals surface area contributed by atoms with Crippen LogP contribution in [0.15, 0.2) is 12.1 Å². The van der Waals surface area contributed by atoms with E-state index in [-0.39, 0.29) is 17.5 Å². The highest BCUT2D eigenvalue weighted by Gasteiger charge is 2.16. The minimum atomic E-state index is -1.26. The predicted octanol–water partition coefficient (Wildman–Crippen LogP) is -0.633. The van der Waals surface area contributed by atoms with Crippen LogP contribution in [-0.2, 0) is 11.2 Å². The fourth-order valence-electron chi connectivity index (χ4n) is 1.08. The van der Waals surface area contributed by atoms with Gasteiger partial charge in [-0.25, -0.2) is 4.39 Å². The molecule has 1 aromatic carbocycles. The second kappa shape index (κ2) is 5.29. The maximum atomic E-state index is 13.1. The molecule has 90 valence electrons. The van der Waals surface area contributed by atoms with Gasteiger partial charge in [0, 0.05) is 12.5 Å². The largest absolute Gasteiger partial charge is 0.504 e. The average Bonchev–Trinajstić information content (AvgIpc) is 2.13. The van der Waals surface area contributed by atoms with Gasteiger partial charge in [-0.1, -0.05) is 0 Å². The SMILES string of the molecule is NC(Cc1cc(O)c(O)cc1F)C(=O)O.O. The molecule has 0 aliphatic rings. The molecule has 0 spiro atoms. The van der Waals surface area contributed by atoms with Crippen LogP contribution >= 0.6 is 0 Å². The molecule has 0 aliphatic heterocycles. The molecule has 7 heteroatoms. The minimum Gasteiger partial charge on any atom is -0.504 e. The maximum Gasteiger partial charge on any atom is 0.320 e. The highest BCUT2D eigenvalue weighted by Crippen LogP contribution is 2.27. The third-order valence-electron chi connectivity index (χ3n) is 1.90. The van der Waals surface area contributed by atoms with E-state index in [1.54, 1.807) is 0 Å². The number of hydrogen-bond acceptors (Lipinski definition) is 4. The fraction of sp³-hybridized carbons (Fsp3) is 0.222. The number of aliphatic carboxylic acids is 1. The minimum absolute atomic E-state index is 0. The molecule has 1 atom stereocenters. The Hall–Kier alpha value is -1.86. The van der Waals surface area contributed by atoms with E-state index < -0.39 is 29.3 Å². The molecular formula is C9H12FNO5. The van der Waals surface area contributed by atoms with Gasteiger partial charge in [-0.05, 0) is 11.6 Å². The van der Waals surface area contributed by atoms with Gasteiger partial charge in [-0.3, -0.25) is 4.79 Å². The van der Waals surface area contributed by atoms with Crippen molar-refractivity contribution >= 4 is 5.97 Å². The van der Waals surface area contributed by atoms with Gasteiger partial charge in [-0.15, -0.1) is 0 Å². The summed E-state index contributed by atoms with van der Waals surface area (Å²) < 4.78 is 13.1. The quantitative estimate of drug-likeness (QED) is 0.515. The Kier molecular flexibility index (Phi) is 4.67. The second-order valence-electron chi connectivity index (χ2n) is 3.08. The van der Waals surface area contributed by atoms with Gasteiger partial charge < -0.3 is 26.5 Å². The van der Waals surface area contributed by atoms with Crippen molar-refractivity contribution in [2.45, 2.75) is 12.5 Å². The fourth-order valence-corrected chi connectivity index (χ4v) is 1.08. The third-order valence-corrected chi connectivity index (χ3v) is 1.90. The van der Waals surface area contributed by atoms with Crippen molar-refractivity contribution < 1.29 is 30.0 Å². The first-order valence-corrected chi connectivity index (χ1v) is 4.10. The zero-order chi connectivity index (χ0) is 11.6. The van der Waals surface area contributed by atoms with E-state index in [4.69, 9.17) is 21.1 Å². The Labute approximate surface area is 90.1 Å². The predicted molar refractivity (Wildman–Crippen MR) is 52.7 cm³/mol. The van der Waals surface area contributed by atoms with E-state index >= 15 is 0 Å². The lowest BCUT2D eigenvalue weighted by atomic mass is 10.1. The first-order chi connectivity index (χ1) is 6.91. The van der Waals surface area contributed by atoms with Gasteiger partial charge in [-0.2, -0.15) is 0 Å². The summed E-state index contributed by atoms with van der Waals surface area (Å²) in [6, 6.07) is 0.413. The van der Waals surface area contributed by atoms with E-state index in [0.29, 0.717) is 6.07 Å². The van der Waals surface area contributed by atoms with Crippen molar-refractivity contribution in [3.05, 3.63) is 23.5 Å². The van der Waals surface area contributed by atoms with Crippen molar-refractivity contribution in [3.8, 4) is 11.5 Å². The number of nitrogens with two attached hydrogens (primary N) is 1. The molecule has 0 radical (unpaired) electrons. The Morgan fingerprint density at radius 2 is 1.88 bits per heavy atom. The molecule has 16 heavy (non-hydrogen) atoms. The highest BCUT2D eigenvalue weighted by molar-refractivity contribution is 5.73. The molecular weight excluding hydrogens is 221 g/mol. The number of hydrogen-bond donors (Lipinski definition) is 4. The molecule has 0 heterocycles. The summed E-state index contributed by atoms with van der Waals surface area (Å²) in [5.41, 5.74) is 5.14. The zero-order valence-corrected chi connectivity index (χ0v) is 8.14. The number of phenolic OH excluding ortho intramolecular Hbond substituents is 2. The van der Waals surface area contributed by atoms with Crippen molar-refractivity contribution in [1.29, 1.82) is 0 Å². The van der Waals surface area contributed by atoms with Crippen LogP contribution < -0.4 is 5.73 Å². The lowest BCUT2D eigenvalue weighted by Gasteiger charge is -2.08. The molecule has 6 nitrogen and oxygen atoms in total. The van der Waals surface area contributed by atoms with E-state index in [1.165, 1.54) is 0 Å². The van der Waals surface area contributed by atoms with Crippen LogP contribution in [-0.4, -0.2) is 32.8 Å². The summed E-state index contributed by atoms with van der Waals surface area (Å²) in [5, 5.41) is 26.5. The Balaban J connectivity index is 0.00000225. The Morgan fingerprint density at radius 1 is 1.38 bits per heavy atom. The summed E-state index contributed by atoms with van der Waals surface area (Å²) in [4.78, 5) is 10.4. The average molecular weight is 233 g/mol. The van der Waals surface area contributed by atoms with Crippen LogP contribution in [0.5, 0.6) is 11.5 Å². The molecule has 7 N–H and O–H groups in total. The van der Waals surface area contributed by atoms with Crippen molar-refractivity contribution in [3.63, 3.8) is 0 Å². The molecule has 0 saturated carbocycles. The van der Waals surface area contributed by atoms with E-state index in [0.717, 1.165) is 6.07 Å². The zero-order valence-electron chi connectivity index (χ0n) is 8.14. The van der Waals surface area contributed by atoms with Gasteiger partial charge in [0.05, 0.1) is 0 Å². The smallest absolute Gasteiger partial charge is 0.320 e. The number of halogens is 1. The second-order valence-corrected chi connectivity index (χ2v) is 3.08.